The van der Waals surface area contributed by atoms with Crippen molar-refractivity contribution in [2.45, 2.75) is 0 Å². The van der Waals surface area contributed by atoms with Gasteiger partial charge >= 0.3 is 0 Å². The van der Waals surface area contributed by atoms with E-state index in [-0.39, 0.29) is 11.5 Å². The van der Waals surface area contributed by atoms with Crippen molar-refractivity contribution in [2.75, 3.05) is 7.11 Å². The second kappa shape index (κ2) is 4.76. The highest BCUT2D eigenvalue weighted by Gasteiger charge is 2.36. The SMILES string of the molecule is COc1ccc(C2=[N+]([O-])c3cc(Br)ccc3C2=O)cc1. The van der Waals surface area contributed by atoms with Gasteiger partial charge in [0.15, 0.2) is 0 Å². The van der Waals surface area contributed by atoms with Crippen LogP contribution in [0.15, 0.2) is 46.9 Å². The lowest BCUT2D eigenvalue weighted by Crippen LogP contribution is -2.16. The predicted molar refractivity (Wildman–Crippen MR) is 78.9 cm³/mol. The van der Waals surface area contributed by atoms with Gasteiger partial charge in [0, 0.05) is 10.5 Å². The molecule has 1 aliphatic rings. The number of carbonyl (C=O) groups is 1. The Balaban J connectivity index is 2.12. The molecule has 0 bridgehead atoms. The van der Waals surface area contributed by atoms with Crippen molar-refractivity contribution >= 4 is 33.1 Å². The summed E-state index contributed by atoms with van der Waals surface area (Å²) in [5.41, 5.74) is 1.52. The first-order chi connectivity index (χ1) is 9.61. The van der Waals surface area contributed by atoms with E-state index in [1.54, 1.807) is 49.6 Å². The third-order valence-corrected chi connectivity index (χ3v) is 3.70. The van der Waals surface area contributed by atoms with Gasteiger partial charge in [-0.3, -0.25) is 4.79 Å². The van der Waals surface area contributed by atoms with Crippen LogP contribution in [0.5, 0.6) is 5.75 Å². The third kappa shape index (κ3) is 1.91. The molecular formula is C15H10BrNO3. The Hall–Kier alpha value is -2.14. The van der Waals surface area contributed by atoms with E-state index < -0.39 is 0 Å². The van der Waals surface area contributed by atoms with Crippen LogP contribution in [0.25, 0.3) is 0 Å². The molecule has 5 heteroatoms. The quantitative estimate of drug-likeness (QED) is 0.626. The van der Waals surface area contributed by atoms with Crippen molar-refractivity contribution < 1.29 is 14.3 Å². The molecular weight excluding hydrogens is 322 g/mol. The number of ether oxygens (including phenoxy) is 1. The smallest absolute Gasteiger partial charge is 0.272 e. The summed E-state index contributed by atoms with van der Waals surface area (Å²) >= 11 is 3.30. The molecule has 4 nitrogen and oxygen atoms in total. The number of hydrogen-bond acceptors (Lipinski definition) is 3. The van der Waals surface area contributed by atoms with Crippen molar-refractivity contribution in [3.63, 3.8) is 0 Å². The fraction of sp³-hybridized carbons (Fsp3) is 0.0667. The van der Waals surface area contributed by atoms with Crippen LogP contribution in [0.3, 0.4) is 0 Å². The highest BCUT2D eigenvalue weighted by molar-refractivity contribution is 9.10. The summed E-state index contributed by atoms with van der Waals surface area (Å²) in [6, 6.07) is 11.9. The number of benzene rings is 2. The molecule has 0 radical (unpaired) electrons. The van der Waals surface area contributed by atoms with Gasteiger partial charge in [-0.05, 0) is 36.4 Å². The number of hydrogen-bond donors (Lipinski definition) is 0. The first kappa shape index (κ1) is 12.9. The number of carbonyl (C=O) groups excluding carboxylic acids is 1. The summed E-state index contributed by atoms with van der Waals surface area (Å²) in [4.78, 5) is 12.3. The van der Waals surface area contributed by atoms with Gasteiger partial charge in [0.05, 0.1) is 12.7 Å². The van der Waals surface area contributed by atoms with Gasteiger partial charge in [-0.1, -0.05) is 15.9 Å². The number of Topliss-reactive ketones (excluding diaryl/α,β-unsaturated/α-hetero) is 1. The Labute approximate surface area is 124 Å². The summed E-state index contributed by atoms with van der Waals surface area (Å²) in [5, 5.41) is 12.3. The zero-order valence-corrected chi connectivity index (χ0v) is 12.2. The van der Waals surface area contributed by atoms with Crippen molar-refractivity contribution in [3.05, 3.63) is 63.3 Å². The van der Waals surface area contributed by atoms with Gasteiger partial charge < -0.3 is 9.94 Å². The highest BCUT2D eigenvalue weighted by atomic mass is 79.9. The van der Waals surface area contributed by atoms with Gasteiger partial charge in [-0.15, -0.1) is 0 Å². The number of methoxy groups -OCH3 is 1. The first-order valence-corrected chi connectivity index (χ1v) is 6.74. The first-order valence-electron chi connectivity index (χ1n) is 5.94. The average Bonchev–Trinajstić information content (AvgIpc) is 2.71. The minimum atomic E-state index is -0.257. The van der Waals surface area contributed by atoms with Crippen LogP contribution in [0.1, 0.15) is 15.9 Å². The van der Waals surface area contributed by atoms with E-state index in [4.69, 9.17) is 4.74 Å². The van der Waals surface area contributed by atoms with Gasteiger partial charge in [0.25, 0.3) is 11.5 Å². The normalized spacial score (nSPS) is 13.6. The molecule has 2 aromatic carbocycles. The number of ketones is 1. The molecule has 0 atom stereocenters. The van der Waals surface area contributed by atoms with Gasteiger partial charge in [-0.25, -0.2) is 0 Å². The maximum absolute atomic E-state index is 12.3. The van der Waals surface area contributed by atoms with Crippen LogP contribution < -0.4 is 4.74 Å². The molecule has 0 aliphatic carbocycles. The molecule has 0 aromatic heterocycles. The Bertz CT molecular complexity index is 735. The molecule has 0 saturated heterocycles. The fourth-order valence-corrected chi connectivity index (χ4v) is 2.55. The molecule has 1 aliphatic heterocycles. The minimum Gasteiger partial charge on any atom is -0.618 e. The Morgan fingerprint density at radius 2 is 1.85 bits per heavy atom. The number of fused-ring (bicyclic) bond motifs is 1. The maximum Gasteiger partial charge on any atom is 0.272 e. The van der Waals surface area contributed by atoms with E-state index in [1.807, 2.05) is 0 Å². The fourth-order valence-electron chi connectivity index (χ4n) is 2.20. The van der Waals surface area contributed by atoms with E-state index >= 15 is 0 Å². The van der Waals surface area contributed by atoms with E-state index in [9.17, 15) is 10.0 Å². The number of nitrogens with zero attached hydrogens (tertiary/aromatic N) is 1. The lowest BCUT2D eigenvalue weighted by Gasteiger charge is -2.03. The maximum atomic E-state index is 12.3. The molecule has 0 unspecified atom stereocenters. The summed E-state index contributed by atoms with van der Waals surface area (Å²) in [5.74, 6) is 0.421. The number of halogens is 1. The average molecular weight is 332 g/mol. The van der Waals surface area contributed by atoms with E-state index in [2.05, 4.69) is 15.9 Å². The van der Waals surface area contributed by atoms with Crippen LogP contribution in [-0.4, -0.2) is 23.3 Å². The van der Waals surface area contributed by atoms with Crippen LogP contribution >= 0.6 is 15.9 Å². The Kier molecular flexibility index (Phi) is 3.06. The van der Waals surface area contributed by atoms with Gasteiger partial charge in [0.1, 0.15) is 11.3 Å². The van der Waals surface area contributed by atoms with Crippen LogP contribution in [0, 0.1) is 5.21 Å². The van der Waals surface area contributed by atoms with Crippen molar-refractivity contribution in [1.29, 1.82) is 0 Å². The lowest BCUT2D eigenvalue weighted by molar-refractivity contribution is -0.355. The standard InChI is InChI=1S/C15H10BrNO3/c1-20-11-5-2-9(3-6-11)14-15(18)12-7-4-10(16)8-13(12)17(14)19/h2-8H,1H3. The lowest BCUT2D eigenvalue weighted by atomic mass is 10.0. The third-order valence-electron chi connectivity index (χ3n) is 3.20. The van der Waals surface area contributed by atoms with Crippen molar-refractivity contribution in [1.82, 2.24) is 0 Å². The molecule has 0 N–H and O–H groups in total. The topological polar surface area (TPSA) is 52.4 Å². The van der Waals surface area contributed by atoms with Gasteiger partial charge in [-0.2, -0.15) is 4.74 Å². The van der Waals surface area contributed by atoms with E-state index in [1.165, 1.54) is 0 Å². The Morgan fingerprint density at radius 3 is 2.50 bits per heavy atom. The predicted octanol–water partition coefficient (Wildman–Crippen LogP) is 3.29. The van der Waals surface area contributed by atoms with Crippen LogP contribution in [0.2, 0.25) is 0 Å². The molecule has 0 saturated carbocycles. The largest absolute Gasteiger partial charge is 0.618 e. The minimum absolute atomic E-state index is 0.140. The van der Waals surface area contributed by atoms with Crippen molar-refractivity contribution in [2.24, 2.45) is 0 Å². The molecule has 0 spiro atoms. The molecule has 0 fully saturated rings. The second-order valence-electron chi connectivity index (χ2n) is 4.36. The zero-order valence-electron chi connectivity index (χ0n) is 10.6. The summed E-state index contributed by atoms with van der Waals surface area (Å²) in [6.07, 6.45) is 0. The summed E-state index contributed by atoms with van der Waals surface area (Å²) in [7, 11) is 1.57. The second-order valence-corrected chi connectivity index (χ2v) is 5.28. The molecule has 100 valence electrons. The van der Waals surface area contributed by atoms with Crippen LogP contribution in [0.4, 0.5) is 5.69 Å². The van der Waals surface area contributed by atoms with Crippen molar-refractivity contribution in [3.8, 4) is 5.75 Å². The Morgan fingerprint density at radius 1 is 1.15 bits per heavy atom. The number of rotatable bonds is 2. The zero-order chi connectivity index (χ0) is 14.3. The van der Waals surface area contributed by atoms with E-state index in [0.29, 0.717) is 27.3 Å². The van der Waals surface area contributed by atoms with Gasteiger partial charge in [0.2, 0.25) is 5.69 Å². The molecule has 1 heterocycles. The summed E-state index contributed by atoms with van der Waals surface area (Å²) < 4.78 is 6.52. The monoisotopic (exact) mass is 331 g/mol. The highest BCUT2D eigenvalue weighted by Crippen LogP contribution is 2.31. The summed E-state index contributed by atoms with van der Waals surface area (Å²) in [6.45, 7) is 0. The van der Waals surface area contributed by atoms with Crippen LogP contribution in [-0.2, 0) is 0 Å². The molecule has 20 heavy (non-hydrogen) atoms. The molecule has 0 amide bonds. The molecule has 3 rings (SSSR count). The van der Waals surface area contributed by atoms with E-state index in [0.717, 1.165) is 4.47 Å². The molecule has 2 aromatic rings.